The molecular weight excluding hydrogens is 455 g/mol. The molecule has 0 bridgehead atoms. The normalized spacial score (nSPS) is 14.7. The van der Waals surface area contributed by atoms with Gasteiger partial charge in [0.05, 0.1) is 18.3 Å². The lowest BCUT2D eigenvalue weighted by Gasteiger charge is -2.41. The molecule has 0 heterocycles. The fraction of sp³-hybridized carbons (Fsp3) is 0.600. The van der Waals surface area contributed by atoms with Gasteiger partial charge in [0.2, 0.25) is 5.78 Å². The lowest BCUT2D eigenvalue weighted by atomic mass is 10.2. The fourth-order valence-electron chi connectivity index (χ4n) is 2.29. The van der Waals surface area contributed by atoms with Crippen molar-refractivity contribution in [1.29, 1.82) is 0 Å². The molecule has 33 heavy (non-hydrogen) atoms. The highest BCUT2D eigenvalue weighted by atomic mass is 28.4. The maximum atomic E-state index is 14.8. The standard InChI is InChI=1S/C25H41FO5Si2/c1-24(2,3)32(7,8)30-17-20(31-33(9,10)25(4,5)6)16-21(26)22(27)18-29-23(28)19-14-12-11-13-15-19/h11-16,20H,17-18H2,1-10H3/b21-16+/t20-/m0/s1. The summed E-state index contributed by atoms with van der Waals surface area (Å²) in [5.74, 6) is -2.57. The van der Waals surface area contributed by atoms with Crippen molar-refractivity contribution in [2.45, 2.75) is 83.9 Å². The molecule has 0 saturated heterocycles. The minimum Gasteiger partial charge on any atom is -0.454 e. The van der Waals surface area contributed by atoms with Crippen molar-refractivity contribution < 1.29 is 27.6 Å². The number of ether oxygens (including phenoxy) is 1. The Hall–Kier alpha value is -1.62. The zero-order chi connectivity index (χ0) is 25.7. The molecule has 0 radical (unpaired) electrons. The van der Waals surface area contributed by atoms with Crippen LogP contribution >= 0.6 is 0 Å². The zero-order valence-corrected chi connectivity index (χ0v) is 23.9. The lowest BCUT2D eigenvalue weighted by molar-refractivity contribution is -0.120. The molecule has 5 nitrogen and oxygen atoms in total. The van der Waals surface area contributed by atoms with Crippen LogP contribution in [0.5, 0.6) is 0 Å². The Bertz CT molecular complexity index is 837. The summed E-state index contributed by atoms with van der Waals surface area (Å²) in [6, 6.07) is 8.27. The topological polar surface area (TPSA) is 61.8 Å². The first kappa shape index (κ1) is 29.4. The second-order valence-corrected chi connectivity index (χ2v) is 20.9. The predicted octanol–water partition coefficient (Wildman–Crippen LogP) is 6.68. The van der Waals surface area contributed by atoms with Crippen molar-refractivity contribution in [1.82, 2.24) is 0 Å². The van der Waals surface area contributed by atoms with Crippen molar-refractivity contribution in [2.24, 2.45) is 0 Å². The van der Waals surface area contributed by atoms with Gasteiger partial charge in [-0.3, -0.25) is 4.79 Å². The monoisotopic (exact) mass is 496 g/mol. The maximum Gasteiger partial charge on any atom is 0.338 e. The van der Waals surface area contributed by atoms with Gasteiger partial charge < -0.3 is 13.6 Å². The van der Waals surface area contributed by atoms with Gasteiger partial charge in [-0.15, -0.1) is 0 Å². The third-order valence-electron chi connectivity index (χ3n) is 6.61. The van der Waals surface area contributed by atoms with E-state index in [1.807, 2.05) is 0 Å². The van der Waals surface area contributed by atoms with Crippen LogP contribution in [0.3, 0.4) is 0 Å². The van der Waals surface area contributed by atoms with Gasteiger partial charge >= 0.3 is 5.97 Å². The number of Topliss-reactive ketones (excluding diaryl/α,β-unsaturated/α-hetero) is 1. The molecule has 1 atom stereocenters. The van der Waals surface area contributed by atoms with Gasteiger partial charge in [-0.05, 0) is 54.5 Å². The van der Waals surface area contributed by atoms with Crippen LogP contribution < -0.4 is 0 Å². The van der Waals surface area contributed by atoms with E-state index in [2.05, 4.69) is 67.7 Å². The molecule has 0 aliphatic heterocycles. The van der Waals surface area contributed by atoms with E-state index in [4.69, 9.17) is 13.6 Å². The van der Waals surface area contributed by atoms with E-state index in [1.165, 1.54) is 6.08 Å². The maximum absolute atomic E-state index is 14.8. The first-order chi connectivity index (χ1) is 14.9. The molecular formula is C25H41FO5Si2. The summed E-state index contributed by atoms with van der Waals surface area (Å²) in [6.45, 7) is 20.5. The zero-order valence-electron chi connectivity index (χ0n) is 21.9. The van der Waals surface area contributed by atoms with Gasteiger partial charge in [0.15, 0.2) is 29.1 Å². The van der Waals surface area contributed by atoms with Crippen molar-refractivity contribution in [3.8, 4) is 0 Å². The molecule has 0 saturated carbocycles. The number of carbonyl (C=O) groups is 2. The first-order valence-corrected chi connectivity index (χ1v) is 17.1. The van der Waals surface area contributed by atoms with Crippen molar-refractivity contribution in [3.05, 3.63) is 47.8 Å². The molecule has 0 amide bonds. The molecule has 0 aliphatic rings. The number of ketones is 1. The van der Waals surface area contributed by atoms with E-state index in [0.717, 1.165) is 0 Å². The van der Waals surface area contributed by atoms with Gasteiger partial charge in [-0.25, -0.2) is 9.18 Å². The fourth-order valence-corrected chi connectivity index (χ4v) is 4.55. The molecule has 1 aromatic rings. The van der Waals surface area contributed by atoms with Crippen LogP contribution in [0.2, 0.25) is 36.3 Å². The van der Waals surface area contributed by atoms with Gasteiger partial charge in [0.1, 0.15) is 0 Å². The van der Waals surface area contributed by atoms with Crippen LogP contribution in [0.1, 0.15) is 51.9 Å². The average molecular weight is 497 g/mol. The molecule has 0 spiro atoms. The Morgan fingerprint density at radius 2 is 1.45 bits per heavy atom. The van der Waals surface area contributed by atoms with Crippen molar-refractivity contribution in [3.63, 3.8) is 0 Å². The quantitative estimate of drug-likeness (QED) is 0.205. The second kappa shape index (κ2) is 11.2. The summed E-state index contributed by atoms with van der Waals surface area (Å²) >= 11 is 0. The summed E-state index contributed by atoms with van der Waals surface area (Å²) in [4.78, 5) is 24.4. The Morgan fingerprint density at radius 3 is 1.94 bits per heavy atom. The Labute approximate surface area is 201 Å². The van der Waals surface area contributed by atoms with Crippen LogP contribution in [0.25, 0.3) is 0 Å². The largest absolute Gasteiger partial charge is 0.454 e. The molecule has 8 heteroatoms. The number of esters is 1. The van der Waals surface area contributed by atoms with Crippen molar-refractivity contribution >= 4 is 28.4 Å². The molecule has 186 valence electrons. The highest BCUT2D eigenvalue weighted by Crippen LogP contribution is 2.39. The summed E-state index contributed by atoms with van der Waals surface area (Å²) < 4.78 is 32.5. The number of rotatable bonds is 10. The average Bonchev–Trinajstić information content (AvgIpc) is 2.68. The number of hydrogen-bond donors (Lipinski definition) is 0. The molecule has 0 aromatic heterocycles. The summed E-state index contributed by atoms with van der Waals surface area (Å²) in [5, 5.41) is -0.111. The van der Waals surface area contributed by atoms with Gasteiger partial charge in [-0.1, -0.05) is 59.7 Å². The molecule has 0 fully saturated rings. The first-order valence-electron chi connectivity index (χ1n) is 11.3. The predicted molar refractivity (Wildman–Crippen MR) is 136 cm³/mol. The van der Waals surface area contributed by atoms with Crippen LogP contribution in [-0.2, 0) is 18.4 Å². The van der Waals surface area contributed by atoms with E-state index in [-0.39, 0.29) is 16.7 Å². The Balaban J connectivity index is 2.98. The number of benzene rings is 1. The number of halogens is 1. The van der Waals surface area contributed by atoms with Crippen LogP contribution in [0, 0.1) is 0 Å². The van der Waals surface area contributed by atoms with Crippen molar-refractivity contribution in [2.75, 3.05) is 13.2 Å². The van der Waals surface area contributed by atoms with E-state index in [0.29, 0.717) is 5.56 Å². The Kier molecular flexibility index (Phi) is 9.99. The van der Waals surface area contributed by atoms with Crippen LogP contribution in [-0.4, -0.2) is 47.7 Å². The summed E-state index contributed by atoms with van der Waals surface area (Å²) in [5.41, 5.74) is 0.302. The van der Waals surface area contributed by atoms with Crippen LogP contribution in [0.15, 0.2) is 42.2 Å². The van der Waals surface area contributed by atoms with E-state index in [9.17, 15) is 14.0 Å². The molecule has 1 rings (SSSR count). The molecule has 0 aliphatic carbocycles. The Morgan fingerprint density at radius 1 is 0.939 bits per heavy atom. The molecule has 0 unspecified atom stereocenters. The second-order valence-electron chi connectivity index (χ2n) is 11.4. The SMILES string of the molecule is CC(C)(C)[Si](C)(C)OC[C@H](/C=C(/F)C(=O)COC(=O)c1ccccc1)O[Si](C)(C)C(C)(C)C. The van der Waals surface area contributed by atoms with E-state index in [1.54, 1.807) is 30.3 Å². The minimum atomic E-state index is -2.26. The number of carbonyl (C=O) groups excluding carboxylic acids is 2. The van der Waals surface area contributed by atoms with Crippen LogP contribution in [0.4, 0.5) is 4.39 Å². The smallest absolute Gasteiger partial charge is 0.338 e. The summed E-state index contributed by atoms with van der Waals surface area (Å²) in [6.07, 6.45) is 0.459. The summed E-state index contributed by atoms with van der Waals surface area (Å²) in [7, 11) is -4.37. The minimum absolute atomic E-state index is 0.0156. The van der Waals surface area contributed by atoms with Gasteiger partial charge in [0.25, 0.3) is 0 Å². The lowest BCUT2D eigenvalue weighted by Crippen LogP contribution is -2.47. The van der Waals surface area contributed by atoms with Gasteiger partial charge in [0, 0.05) is 0 Å². The third kappa shape index (κ3) is 8.92. The molecule has 0 N–H and O–H groups in total. The highest BCUT2D eigenvalue weighted by Gasteiger charge is 2.41. The third-order valence-corrected chi connectivity index (χ3v) is 15.6. The van der Waals surface area contributed by atoms with E-state index >= 15 is 0 Å². The number of hydrogen-bond acceptors (Lipinski definition) is 5. The van der Waals surface area contributed by atoms with Gasteiger partial charge in [-0.2, -0.15) is 0 Å². The highest BCUT2D eigenvalue weighted by molar-refractivity contribution is 6.74. The van der Waals surface area contributed by atoms with E-state index < -0.39 is 46.9 Å². The molecule has 1 aromatic carbocycles.